The van der Waals surface area contributed by atoms with Crippen molar-refractivity contribution in [1.29, 1.82) is 0 Å². The Hall–Kier alpha value is -0.570. The van der Waals surface area contributed by atoms with Gasteiger partial charge in [0, 0.05) is 24.7 Å². The average molecular weight is 198 g/mol. The molecule has 0 aromatic rings. The molecule has 0 N–H and O–H groups in total. The first kappa shape index (κ1) is 11.5. The van der Waals surface area contributed by atoms with Crippen LogP contribution in [0, 0.1) is 0 Å². The third kappa shape index (κ3) is 2.27. The van der Waals surface area contributed by atoms with Crippen LogP contribution in [-0.4, -0.2) is 46.9 Å². The van der Waals surface area contributed by atoms with E-state index in [4.69, 9.17) is 0 Å². The molecule has 3 heteroatoms. The zero-order chi connectivity index (χ0) is 10.9. The predicted octanol–water partition coefficient (Wildman–Crippen LogP) is 1.34. The number of nitrogens with zero attached hydrogens (tertiary/aromatic N) is 2. The fourth-order valence-corrected chi connectivity index (χ4v) is 2.18. The second kappa shape index (κ2) is 4.30. The highest BCUT2D eigenvalue weighted by Crippen LogP contribution is 2.15. The van der Waals surface area contributed by atoms with Crippen LogP contribution in [0.1, 0.15) is 34.6 Å². The Morgan fingerprint density at radius 1 is 1.21 bits per heavy atom. The highest BCUT2D eigenvalue weighted by Gasteiger charge is 2.31. The van der Waals surface area contributed by atoms with E-state index < -0.39 is 0 Å². The van der Waals surface area contributed by atoms with E-state index in [9.17, 15) is 4.79 Å². The SMILES string of the molecule is CC(C)N1CC(=O)N(C(C)C)C(C)C1. The van der Waals surface area contributed by atoms with Gasteiger partial charge in [-0.25, -0.2) is 0 Å². The maximum absolute atomic E-state index is 11.8. The van der Waals surface area contributed by atoms with E-state index in [1.165, 1.54) is 0 Å². The molecular formula is C11H22N2O. The van der Waals surface area contributed by atoms with Crippen LogP contribution in [0.5, 0.6) is 0 Å². The van der Waals surface area contributed by atoms with Crippen molar-refractivity contribution < 1.29 is 4.79 Å². The minimum absolute atomic E-state index is 0.271. The van der Waals surface area contributed by atoms with Gasteiger partial charge in [-0.1, -0.05) is 0 Å². The summed E-state index contributed by atoms with van der Waals surface area (Å²) in [5.74, 6) is 0.271. The largest absolute Gasteiger partial charge is 0.335 e. The van der Waals surface area contributed by atoms with Crippen molar-refractivity contribution in [1.82, 2.24) is 9.80 Å². The van der Waals surface area contributed by atoms with Gasteiger partial charge >= 0.3 is 0 Å². The van der Waals surface area contributed by atoms with Gasteiger partial charge in [0.2, 0.25) is 5.91 Å². The van der Waals surface area contributed by atoms with Crippen LogP contribution in [0.15, 0.2) is 0 Å². The lowest BCUT2D eigenvalue weighted by atomic mass is 10.1. The molecule has 1 atom stereocenters. The topological polar surface area (TPSA) is 23.6 Å². The molecule has 14 heavy (non-hydrogen) atoms. The standard InChI is InChI=1S/C11H22N2O/c1-8(2)12-6-10(5)13(9(3)4)11(14)7-12/h8-10H,6-7H2,1-5H3. The Morgan fingerprint density at radius 2 is 1.79 bits per heavy atom. The Kier molecular flexibility index (Phi) is 3.53. The summed E-state index contributed by atoms with van der Waals surface area (Å²) < 4.78 is 0. The molecule has 0 bridgehead atoms. The molecule has 1 rings (SSSR count). The van der Waals surface area contributed by atoms with Crippen molar-refractivity contribution in [2.24, 2.45) is 0 Å². The van der Waals surface area contributed by atoms with Crippen molar-refractivity contribution in [3.05, 3.63) is 0 Å². The Labute approximate surface area is 87.1 Å². The van der Waals surface area contributed by atoms with E-state index in [1.807, 2.05) is 4.90 Å². The van der Waals surface area contributed by atoms with Gasteiger partial charge in [-0.2, -0.15) is 0 Å². The second-order valence-corrected chi connectivity index (χ2v) is 4.77. The van der Waals surface area contributed by atoms with Gasteiger partial charge in [0.05, 0.1) is 6.54 Å². The van der Waals surface area contributed by atoms with E-state index in [2.05, 4.69) is 39.5 Å². The molecule has 0 aromatic carbocycles. The predicted molar refractivity (Wildman–Crippen MR) is 58.2 cm³/mol. The number of carbonyl (C=O) groups is 1. The van der Waals surface area contributed by atoms with Gasteiger partial charge in [-0.3, -0.25) is 9.69 Å². The Morgan fingerprint density at radius 3 is 2.14 bits per heavy atom. The molecular weight excluding hydrogens is 176 g/mol. The summed E-state index contributed by atoms with van der Waals surface area (Å²) in [5.41, 5.74) is 0. The van der Waals surface area contributed by atoms with Crippen molar-refractivity contribution in [2.75, 3.05) is 13.1 Å². The summed E-state index contributed by atoms with van der Waals surface area (Å²) in [5, 5.41) is 0. The maximum Gasteiger partial charge on any atom is 0.237 e. The fourth-order valence-electron chi connectivity index (χ4n) is 2.18. The zero-order valence-corrected chi connectivity index (χ0v) is 9.95. The van der Waals surface area contributed by atoms with Gasteiger partial charge < -0.3 is 4.90 Å². The quantitative estimate of drug-likeness (QED) is 0.668. The van der Waals surface area contributed by atoms with E-state index in [0.717, 1.165) is 6.54 Å². The highest BCUT2D eigenvalue weighted by molar-refractivity contribution is 5.79. The average Bonchev–Trinajstić information content (AvgIpc) is 2.01. The Balaban J connectivity index is 2.68. The summed E-state index contributed by atoms with van der Waals surface area (Å²) in [6.45, 7) is 12.2. The first-order valence-corrected chi connectivity index (χ1v) is 5.48. The zero-order valence-electron chi connectivity index (χ0n) is 9.95. The van der Waals surface area contributed by atoms with Crippen LogP contribution >= 0.6 is 0 Å². The third-order valence-corrected chi connectivity index (χ3v) is 2.89. The molecule has 0 aromatic heterocycles. The van der Waals surface area contributed by atoms with Crippen molar-refractivity contribution in [3.8, 4) is 0 Å². The van der Waals surface area contributed by atoms with Crippen molar-refractivity contribution in [3.63, 3.8) is 0 Å². The highest BCUT2D eigenvalue weighted by atomic mass is 16.2. The molecule has 1 fully saturated rings. The molecule has 1 heterocycles. The number of piperazine rings is 1. The van der Waals surface area contributed by atoms with Crippen LogP contribution in [0.3, 0.4) is 0 Å². The smallest absolute Gasteiger partial charge is 0.237 e. The molecule has 1 saturated heterocycles. The molecule has 1 aliphatic rings. The summed E-state index contributed by atoms with van der Waals surface area (Å²) in [7, 11) is 0. The second-order valence-electron chi connectivity index (χ2n) is 4.77. The van der Waals surface area contributed by atoms with E-state index in [-0.39, 0.29) is 5.91 Å². The number of rotatable bonds is 2. The number of amides is 1. The fraction of sp³-hybridized carbons (Fsp3) is 0.909. The van der Waals surface area contributed by atoms with Crippen LogP contribution in [0.2, 0.25) is 0 Å². The lowest BCUT2D eigenvalue weighted by Gasteiger charge is -2.43. The monoisotopic (exact) mass is 198 g/mol. The maximum atomic E-state index is 11.8. The van der Waals surface area contributed by atoms with Crippen molar-refractivity contribution in [2.45, 2.75) is 52.7 Å². The molecule has 0 spiro atoms. The van der Waals surface area contributed by atoms with Crippen LogP contribution < -0.4 is 0 Å². The molecule has 1 aliphatic heterocycles. The van der Waals surface area contributed by atoms with Crippen LogP contribution in [-0.2, 0) is 4.79 Å². The van der Waals surface area contributed by atoms with E-state index >= 15 is 0 Å². The number of carbonyl (C=O) groups excluding carboxylic acids is 1. The normalized spacial score (nSPS) is 25.2. The first-order chi connectivity index (χ1) is 6.43. The van der Waals surface area contributed by atoms with Gasteiger partial charge in [0.15, 0.2) is 0 Å². The summed E-state index contributed by atoms with van der Waals surface area (Å²) in [6, 6.07) is 1.14. The molecule has 1 amide bonds. The third-order valence-electron chi connectivity index (χ3n) is 2.89. The van der Waals surface area contributed by atoms with Gasteiger partial charge in [-0.05, 0) is 34.6 Å². The van der Waals surface area contributed by atoms with Gasteiger partial charge in [0.1, 0.15) is 0 Å². The summed E-state index contributed by atoms with van der Waals surface area (Å²) in [6.07, 6.45) is 0. The minimum Gasteiger partial charge on any atom is -0.335 e. The molecule has 82 valence electrons. The number of hydrogen-bond donors (Lipinski definition) is 0. The molecule has 0 aliphatic carbocycles. The molecule has 0 radical (unpaired) electrons. The van der Waals surface area contributed by atoms with Crippen LogP contribution in [0.4, 0.5) is 0 Å². The molecule has 0 saturated carbocycles. The lowest BCUT2D eigenvalue weighted by molar-refractivity contribution is -0.142. The first-order valence-electron chi connectivity index (χ1n) is 5.48. The minimum atomic E-state index is 0.271. The lowest BCUT2D eigenvalue weighted by Crippen LogP contribution is -2.58. The summed E-state index contributed by atoms with van der Waals surface area (Å²) >= 11 is 0. The molecule has 3 nitrogen and oxygen atoms in total. The summed E-state index contributed by atoms with van der Waals surface area (Å²) in [4.78, 5) is 16.1. The van der Waals surface area contributed by atoms with Crippen LogP contribution in [0.25, 0.3) is 0 Å². The molecule has 1 unspecified atom stereocenters. The number of hydrogen-bond acceptors (Lipinski definition) is 2. The van der Waals surface area contributed by atoms with Gasteiger partial charge in [0.25, 0.3) is 0 Å². The Bertz CT molecular complexity index is 213. The van der Waals surface area contributed by atoms with E-state index in [1.54, 1.807) is 0 Å². The van der Waals surface area contributed by atoms with E-state index in [0.29, 0.717) is 24.7 Å². The van der Waals surface area contributed by atoms with Gasteiger partial charge in [-0.15, -0.1) is 0 Å². The van der Waals surface area contributed by atoms with Crippen molar-refractivity contribution >= 4 is 5.91 Å².